The molecule has 0 amide bonds. The summed E-state index contributed by atoms with van der Waals surface area (Å²) in [5, 5.41) is 13.3. The van der Waals surface area contributed by atoms with Crippen LogP contribution in [0.15, 0.2) is 97.2 Å². The standard InChI is InChI=1S/C25H22N4O/c26-18-20-19-28-29(24(20)27)16-17-30-25(21-10-4-1-5-11-21,22-12-6-2-7-13-22)23-14-8-3-9-15-23/h1-15,19H,16-17,27H2. The molecule has 148 valence electrons. The fraction of sp³-hybridized carbons (Fsp3) is 0.120. The molecule has 0 saturated heterocycles. The van der Waals surface area contributed by atoms with Gasteiger partial charge in [-0.1, -0.05) is 91.0 Å². The third-order valence-electron chi connectivity index (χ3n) is 5.16. The molecule has 3 aromatic carbocycles. The lowest BCUT2D eigenvalue weighted by atomic mass is 9.80. The van der Waals surface area contributed by atoms with Crippen LogP contribution in [0.25, 0.3) is 0 Å². The van der Waals surface area contributed by atoms with Gasteiger partial charge >= 0.3 is 0 Å². The quantitative estimate of drug-likeness (QED) is 0.473. The van der Waals surface area contributed by atoms with Gasteiger partial charge in [-0.2, -0.15) is 10.4 Å². The van der Waals surface area contributed by atoms with E-state index in [4.69, 9.17) is 15.7 Å². The maximum atomic E-state index is 9.12. The fourth-order valence-electron chi connectivity index (χ4n) is 3.71. The highest BCUT2D eigenvalue weighted by Crippen LogP contribution is 2.40. The molecule has 5 heteroatoms. The maximum absolute atomic E-state index is 9.12. The van der Waals surface area contributed by atoms with Crippen molar-refractivity contribution in [2.45, 2.75) is 12.1 Å². The lowest BCUT2D eigenvalue weighted by Gasteiger charge is -2.36. The van der Waals surface area contributed by atoms with E-state index in [-0.39, 0.29) is 0 Å². The van der Waals surface area contributed by atoms with Gasteiger partial charge in [0.1, 0.15) is 23.1 Å². The Bertz CT molecular complexity index is 1040. The average Bonchev–Trinajstić information content (AvgIpc) is 3.18. The van der Waals surface area contributed by atoms with Gasteiger partial charge in [-0.25, -0.2) is 4.68 Å². The number of benzene rings is 3. The van der Waals surface area contributed by atoms with Gasteiger partial charge in [-0.3, -0.25) is 0 Å². The van der Waals surface area contributed by atoms with Crippen molar-refractivity contribution in [2.75, 3.05) is 12.3 Å². The highest BCUT2D eigenvalue weighted by atomic mass is 16.5. The van der Waals surface area contributed by atoms with E-state index >= 15 is 0 Å². The molecule has 4 rings (SSSR count). The summed E-state index contributed by atoms with van der Waals surface area (Å²) in [6, 6.07) is 32.6. The summed E-state index contributed by atoms with van der Waals surface area (Å²) in [7, 11) is 0. The van der Waals surface area contributed by atoms with E-state index in [1.165, 1.54) is 6.20 Å². The zero-order valence-corrected chi connectivity index (χ0v) is 16.5. The molecule has 1 heterocycles. The molecular weight excluding hydrogens is 372 g/mol. The Morgan fingerprint density at radius 1 is 0.833 bits per heavy atom. The predicted octanol–water partition coefficient (Wildman–Crippen LogP) is 4.35. The van der Waals surface area contributed by atoms with Crippen LogP contribution in [0.4, 0.5) is 5.82 Å². The SMILES string of the molecule is N#Cc1cnn(CCOC(c2ccccc2)(c2ccccc2)c2ccccc2)c1N. The fourth-order valence-corrected chi connectivity index (χ4v) is 3.71. The van der Waals surface area contributed by atoms with Crippen LogP contribution in [0.2, 0.25) is 0 Å². The summed E-state index contributed by atoms with van der Waals surface area (Å²) in [6.07, 6.45) is 1.48. The first-order valence-corrected chi connectivity index (χ1v) is 9.77. The zero-order valence-electron chi connectivity index (χ0n) is 16.5. The minimum Gasteiger partial charge on any atom is -0.383 e. The van der Waals surface area contributed by atoms with Crippen molar-refractivity contribution in [3.63, 3.8) is 0 Å². The summed E-state index contributed by atoms with van der Waals surface area (Å²) in [4.78, 5) is 0. The Balaban J connectivity index is 1.77. The third kappa shape index (κ3) is 3.57. The molecule has 0 bridgehead atoms. The molecular formula is C25H22N4O. The van der Waals surface area contributed by atoms with Crippen molar-refractivity contribution in [1.82, 2.24) is 9.78 Å². The molecule has 0 unspecified atom stereocenters. The largest absolute Gasteiger partial charge is 0.383 e. The first kappa shape index (κ1) is 19.4. The monoisotopic (exact) mass is 394 g/mol. The number of anilines is 1. The maximum Gasteiger partial charge on any atom is 0.143 e. The number of aromatic nitrogens is 2. The average molecular weight is 394 g/mol. The number of rotatable bonds is 7. The first-order valence-electron chi connectivity index (χ1n) is 9.77. The van der Waals surface area contributed by atoms with Gasteiger partial charge in [-0.05, 0) is 16.7 Å². The summed E-state index contributed by atoms with van der Waals surface area (Å²) in [5.41, 5.74) is 8.71. The zero-order chi connectivity index (χ0) is 20.8. The first-order chi connectivity index (χ1) is 14.8. The molecule has 5 nitrogen and oxygen atoms in total. The Morgan fingerprint density at radius 2 is 1.30 bits per heavy atom. The number of hydrogen-bond donors (Lipinski definition) is 1. The van der Waals surface area contributed by atoms with Gasteiger partial charge in [0.25, 0.3) is 0 Å². The molecule has 2 N–H and O–H groups in total. The van der Waals surface area contributed by atoms with E-state index in [1.54, 1.807) is 4.68 Å². The van der Waals surface area contributed by atoms with E-state index < -0.39 is 5.60 Å². The lowest BCUT2D eigenvalue weighted by molar-refractivity contribution is 0.00737. The molecule has 0 fully saturated rings. The van der Waals surface area contributed by atoms with E-state index in [9.17, 15) is 0 Å². The molecule has 0 aliphatic heterocycles. The smallest absolute Gasteiger partial charge is 0.143 e. The predicted molar refractivity (Wildman–Crippen MR) is 117 cm³/mol. The second kappa shape index (κ2) is 8.64. The number of nitriles is 1. The molecule has 0 atom stereocenters. The van der Waals surface area contributed by atoms with Crippen LogP contribution in [-0.2, 0) is 16.9 Å². The van der Waals surface area contributed by atoms with Crippen molar-refractivity contribution in [2.24, 2.45) is 0 Å². The Morgan fingerprint density at radius 3 is 1.70 bits per heavy atom. The Hall–Kier alpha value is -3.88. The normalized spacial score (nSPS) is 11.2. The van der Waals surface area contributed by atoms with Crippen molar-refractivity contribution in [1.29, 1.82) is 5.26 Å². The molecule has 0 aliphatic rings. The Kier molecular flexibility index (Phi) is 5.60. The molecule has 4 aromatic rings. The van der Waals surface area contributed by atoms with Crippen LogP contribution >= 0.6 is 0 Å². The summed E-state index contributed by atoms with van der Waals surface area (Å²) < 4.78 is 8.29. The van der Waals surface area contributed by atoms with Crippen molar-refractivity contribution in [3.8, 4) is 6.07 Å². The molecule has 0 saturated carbocycles. The lowest BCUT2D eigenvalue weighted by Crippen LogP contribution is -2.34. The van der Waals surface area contributed by atoms with Crippen LogP contribution < -0.4 is 5.73 Å². The third-order valence-corrected chi connectivity index (χ3v) is 5.16. The molecule has 0 aliphatic carbocycles. The molecule has 1 aromatic heterocycles. The number of ether oxygens (including phenoxy) is 1. The van der Waals surface area contributed by atoms with Crippen LogP contribution in [0.3, 0.4) is 0 Å². The summed E-state index contributed by atoms with van der Waals surface area (Å²) in [5.74, 6) is 0.353. The van der Waals surface area contributed by atoms with E-state index in [2.05, 4.69) is 47.6 Å². The number of hydrogen-bond acceptors (Lipinski definition) is 4. The number of nitrogens with two attached hydrogens (primary N) is 1. The van der Waals surface area contributed by atoms with E-state index in [0.29, 0.717) is 24.5 Å². The van der Waals surface area contributed by atoms with Crippen molar-refractivity contribution in [3.05, 3.63) is 119 Å². The van der Waals surface area contributed by atoms with Crippen molar-refractivity contribution < 1.29 is 4.74 Å². The van der Waals surface area contributed by atoms with E-state index in [0.717, 1.165) is 16.7 Å². The highest BCUT2D eigenvalue weighted by molar-refractivity contribution is 5.48. The summed E-state index contributed by atoms with van der Waals surface area (Å²) in [6.45, 7) is 0.789. The Labute approximate surface area is 176 Å². The van der Waals surface area contributed by atoms with Crippen molar-refractivity contribution >= 4 is 5.82 Å². The van der Waals surface area contributed by atoms with Crippen LogP contribution in [0.1, 0.15) is 22.3 Å². The number of nitrogen functional groups attached to an aromatic ring is 1. The van der Waals surface area contributed by atoms with Gasteiger partial charge in [0.15, 0.2) is 0 Å². The van der Waals surface area contributed by atoms with Crippen LogP contribution in [0, 0.1) is 11.3 Å². The van der Waals surface area contributed by atoms with Gasteiger partial charge in [0.05, 0.1) is 19.3 Å². The van der Waals surface area contributed by atoms with Gasteiger partial charge in [0.2, 0.25) is 0 Å². The van der Waals surface area contributed by atoms with Crippen LogP contribution in [-0.4, -0.2) is 16.4 Å². The second-order valence-electron chi connectivity index (χ2n) is 6.91. The van der Waals surface area contributed by atoms with Gasteiger partial charge in [-0.15, -0.1) is 0 Å². The second-order valence-corrected chi connectivity index (χ2v) is 6.91. The van der Waals surface area contributed by atoms with E-state index in [1.807, 2.05) is 54.6 Å². The highest BCUT2D eigenvalue weighted by Gasteiger charge is 2.37. The van der Waals surface area contributed by atoms with Gasteiger partial charge in [0, 0.05) is 0 Å². The topological polar surface area (TPSA) is 76.9 Å². The molecule has 0 radical (unpaired) electrons. The van der Waals surface area contributed by atoms with Gasteiger partial charge < -0.3 is 10.5 Å². The molecule has 30 heavy (non-hydrogen) atoms. The number of nitrogens with zero attached hydrogens (tertiary/aromatic N) is 3. The van der Waals surface area contributed by atoms with Crippen LogP contribution in [0.5, 0.6) is 0 Å². The summed E-state index contributed by atoms with van der Waals surface area (Å²) >= 11 is 0. The molecule has 0 spiro atoms. The minimum atomic E-state index is -0.788. The minimum absolute atomic E-state index is 0.353.